The summed E-state index contributed by atoms with van der Waals surface area (Å²) in [5, 5.41) is 0. The molecule has 1 saturated heterocycles. The summed E-state index contributed by atoms with van der Waals surface area (Å²) in [5.74, 6) is 0.352. The summed E-state index contributed by atoms with van der Waals surface area (Å²) in [5.41, 5.74) is 5.70. The van der Waals surface area contributed by atoms with Crippen molar-refractivity contribution >= 4 is 57.1 Å². The van der Waals surface area contributed by atoms with Gasteiger partial charge in [0, 0.05) is 11.8 Å². The molecule has 106 valence electrons. The fourth-order valence-electron chi connectivity index (χ4n) is 3.83. The Balaban J connectivity index is 1.74. The molecule has 7 heteroatoms. The van der Waals surface area contributed by atoms with E-state index in [9.17, 15) is 9.59 Å². The highest BCUT2D eigenvalue weighted by molar-refractivity contribution is 14.1. The highest BCUT2D eigenvalue weighted by Gasteiger charge is 2.66. The van der Waals surface area contributed by atoms with Gasteiger partial charge in [-0.3, -0.25) is 9.59 Å². The Morgan fingerprint density at radius 1 is 1.47 bits per heavy atom. The van der Waals surface area contributed by atoms with Gasteiger partial charge in [-0.1, -0.05) is 52.1 Å². The van der Waals surface area contributed by atoms with Gasteiger partial charge in [-0.05, 0) is 12.3 Å². The van der Waals surface area contributed by atoms with Crippen LogP contribution in [0.2, 0.25) is 0 Å². The number of halogens is 2. The van der Waals surface area contributed by atoms with E-state index in [2.05, 4.69) is 6.92 Å². The van der Waals surface area contributed by atoms with E-state index in [0.717, 1.165) is 6.42 Å². The van der Waals surface area contributed by atoms with E-state index >= 15 is 0 Å². The van der Waals surface area contributed by atoms with Gasteiger partial charge in [0.15, 0.2) is 0 Å². The van der Waals surface area contributed by atoms with Crippen molar-refractivity contribution in [3.8, 4) is 0 Å². The van der Waals surface area contributed by atoms with E-state index < -0.39 is 0 Å². The largest absolute Gasteiger partial charge is 0.458 e. The van der Waals surface area contributed by atoms with E-state index in [0.29, 0.717) is 0 Å². The molecule has 19 heavy (non-hydrogen) atoms. The maximum absolute atomic E-state index is 12.0. The van der Waals surface area contributed by atoms with Gasteiger partial charge in [0.25, 0.3) is 0 Å². The van der Waals surface area contributed by atoms with Gasteiger partial charge in [0.1, 0.15) is 16.1 Å². The number of hydrogen-bond donors (Lipinski definition) is 1. The van der Waals surface area contributed by atoms with Crippen LogP contribution in [0.25, 0.3) is 0 Å². The minimum Gasteiger partial charge on any atom is -0.458 e. The molecule has 3 fully saturated rings. The quantitative estimate of drug-likeness (QED) is 0.279. The summed E-state index contributed by atoms with van der Waals surface area (Å²) in [7, 11) is 0. The van der Waals surface area contributed by atoms with Crippen LogP contribution >= 0.6 is 45.2 Å². The number of ether oxygens (including phenoxy) is 2. The lowest BCUT2D eigenvalue weighted by molar-refractivity contribution is -0.161. The lowest BCUT2D eigenvalue weighted by Gasteiger charge is -2.30. The molecule has 0 amide bonds. The van der Waals surface area contributed by atoms with Crippen molar-refractivity contribution in [1.82, 2.24) is 0 Å². The molecule has 1 aliphatic heterocycles. The van der Waals surface area contributed by atoms with Gasteiger partial charge in [0.05, 0.1) is 9.97 Å². The standard InChI is InChI=1S/C12H15I2NO4/c1-3-4-2-5-6(3)11(16)18-9(5)8(4)19-12(17)7(13)10(14)15/h3-10H,2,15H2,1H3. The zero-order valence-electron chi connectivity index (χ0n) is 10.3. The fourth-order valence-corrected chi connectivity index (χ4v) is 4.27. The first-order chi connectivity index (χ1) is 8.91. The third kappa shape index (κ3) is 2.10. The lowest BCUT2D eigenvalue weighted by Crippen LogP contribution is -2.42. The average Bonchev–Trinajstić information content (AvgIpc) is 2.92. The second-order valence-electron chi connectivity index (χ2n) is 5.60. The molecular weight excluding hydrogens is 476 g/mol. The second kappa shape index (κ2) is 4.97. The van der Waals surface area contributed by atoms with E-state index in [1.165, 1.54) is 0 Å². The Morgan fingerprint density at radius 3 is 2.79 bits per heavy atom. The third-order valence-electron chi connectivity index (χ3n) is 4.70. The number of carbonyl (C=O) groups excluding carboxylic acids is 2. The van der Waals surface area contributed by atoms with Gasteiger partial charge in [-0.2, -0.15) is 0 Å². The number of esters is 2. The number of fused-ring (bicyclic) bond motifs is 1. The summed E-state index contributed by atoms with van der Waals surface area (Å²) in [6.45, 7) is 2.06. The molecule has 1 heterocycles. The zero-order chi connectivity index (χ0) is 13.9. The maximum atomic E-state index is 12.0. The number of rotatable bonds is 3. The molecule has 3 aliphatic rings. The summed E-state index contributed by atoms with van der Waals surface area (Å²) >= 11 is 4.01. The van der Waals surface area contributed by atoms with Crippen LogP contribution in [0.3, 0.4) is 0 Å². The minimum absolute atomic E-state index is 0.0205. The Bertz CT molecular complexity index is 430. The van der Waals surface area contributed by atoms with Gasteiger partial charge >= 0.3 is 11.9 Å². The molecule has 0 aromatic heterocycles. The molecular formula is C12H15I2NO4. The minimum atomic E-state index is -0.375. The lowest BCUT2D eigenvalue weighted by atomic mass is 9.80. The van der Waals surface area contributed by atoms with Crippen molar-refractivity contribution in [2.45, 2.75) is 33.5 Å². The van der Waals surface area contributed by atoms with Crippen molar-refractivity contribution in [3.63, 3.8) is 0 Å². The van der Waals surface area contributed by atoms with E-state index in [1.807, 2.05) is 45.2 Å². The zero-order valence-corrected chi connectivity index (χ0v) is 14.6. The van der Waals surface area contributed by atoms with Crippen LogP contribution in [-0.2, 0) is 19.1 Å². The summed E-state index contributed by atoms with van der Waals surface area (Å²) in [6, 6.07) is 0. The summed E-state index contributed by atoms with van der Waals surface area (Å²) < 4.78 is 10.4. The predicted molar refractivity (Wildman–Crippen MR) is 83.8 cm³/mol. The Hall–Kier alpha value is 0.360. The molecule has 8 atom stereocenters. The predicted octanol–water partition coefficient (Wildman–Crippen LogP) is 1.25. The number of hydrogen-bond acceptors (Lipinski definition) is 5. The van der Waals surface area contributed by atoms with Gasteiger partial charge in [-0.15, -0.1) is 0 Å². The molecule has 0 radical (unpaired) electrons. The normalized spacial score (nSPS) is 46.0. The monoisotopic (exact) mass is 491 g/mol. The van der Waals surface area contributed by atoms with Crippen LogP contribution in [0.1, 0.15) is 13.3 Å². The highest BCUT2D eigenvalue weighted by atomic mass is 127. The average molecular weight is 491 g/mol. The van der Waals surface area contributed by atoms with Crippen LogP contribution in [0.4, 0.5) is 0 Å². The molecule has 5 nitrogen and oxygen atoms in total. The first kappa shape index (κ1) is 14.3. The molecule has 0 spiro atoms. The first-order valence-electron chi connectivity index (χ1n) is 6.36. The molecule has 3 rings (SSSR count). The van der Waals surface area contributed by atoms with Gasteiger partial charge < -0.3 is 15.2 Å². The van der Waals surface area contributed by atoms with E-state index in [-0.39, 0.29) is 55.8 Å². The second-order valence-corrected chi connectivity index (χ2v) is 8.38. The fraction of sp³-hybridized carbons (Fsp3) is 0.833. The highest BCUT2D eigenvalue weighted by Crippen LogP contribution is 2.58. The van der Waals surface area contributed by atoms with Crippen LogP contribution in [-0.4, -0.2) is 32.1 Å². The molecule has 8 unspecified atom stereocenters. The smallest absolute Gasteiger partial charge is 0.321 e. The van der Waals surface area contributed by atoms with Crippen molar-refractivity contribution in [3.05, 3.63) is 0 Å². The van der Waals surface area contributed by atoms with Crippen LogP contribution in [0, 0.1) is 23.7 Å². The van der Waals surface area contributed by atoms with Crippen molar-refractivity contribution in [2.75, 3.05) is 0 Å². The third-order valence-corrected chi connectivity index (χ3v) is 8.08. The van der Waals surface area contributed by atoms with E-state index in [1.54, 1.807) is 0 Å². The first-order valence-corrected chi connectivity index (χ1v) is 8.85. The number of nitrogens with two attached hydrogens (primary N) is 1. The Kier molecular flexibility index (Phi) is 3.74. The number of carbonyl (C=O) groups is 2. The van der Waals surface area contributed by atoms with Crippen molar-refractivity contribution in [2.24, 2.45) is 29.4 Å². The molecule has 2 N–H and O–H groups in total. The van der Waals surface area contributed by atoms with Gasteiger partial charge in [0.2, 0.25) is 0 Å². The van der Waals surface area contributed by atoms with Crippen LogP contribution in [0.15, 0.2) is 0 Å². The maximum Gasteiger partial charge on any atom is 0.321 e. The van der Waals surface area contributed by atoms with Crippen molar-refractivity contribution in [1.29, 1.82) is 0 Å². The van der Waals surface area contributed by atoms with Crippen LogP contribution < -0.4 is 5.73 Å². The Labute approximate surface area is 138 Å². The molecule has 0 aromatic carbocycles. The topological polar surface area (TPSA) is 78.6 Å². The van der Waals surface area contributed by atoms with E-state index in [4.69, 9.17) is 15.2 Å². The SMILES string of the molecule is CC1C2CC3C(OC(=O)C13)C2OC(=O)C(I)C(N)I. The number of alkyl halides is 2. The Morgan fingerprint density at radius 2 is 2.16 bits per heavy atom. The van der Waals surface area contributed by atoms with Crippen molar-refractivity contribution < 1.29 is 19.1 Å². The summed E-state index contributed by atoms with van der Waals surface area (Å²) in [4.78, 5) is 23.8. The molecule has 2 saturated carbocycles. The van der Waals surface area contributed by atoms with Crippen LogP contribution in [0.5, 0.6) is 0 Å². The summed E-state index contributed by atoms with van der Waals surface area (Å²) in [6.07, 6.45) is 0.432. The molecule has 2 aliphatic carbocycles. The van der Waals surface area contributed by atoms with Gasteiger partial charge in [-0.25, -0.2) is 0 Å². The molecule has 0 aromatic rings. The molecule has 2 bridgehead atoms.